The van der Waals surface area contributed by atoms with Gasteiger partial charge in [0.1, 0.15) is 6.67 Å². The summed E-state index contributed by atoms with van der Waals surface area (Å²) in [6.07, 6.45) is 4.59. The molecule has 4 rings (SSSR count). The lowest BCUT2D eigenvalue weighted by atomic mass is 10.0. The van der Waals surface area contributed by atoms with E-state index in [2.05, 4.69) is 11.9 Å². The number of aryl methyl sites for hydroxylation is 1. The molecule has 114 valence electrons. The summed E-state index contributed by atoms with van der Waals surface area (Å²) in [5.41, 5.74) is 4.96. The van der Waals surface area contributed by atoms with E-state index >= 15 is 0 Å². The molecule has 0 radical (unpaired) electrons. The van der Waals surface area contributed by atoms with Crippen molar-refractivity contribution in [2.45, 2.75) is 20.0 Å². The summed E-state index contributed by atoms with van der Waals surface area (Å²) in [6.45, 7) is 2.60. The molecule has 0 saturated carbocycles. The largest absolute Gasteiger partial charge is 0.311 e. The molecule has 4 heteroatoms. The summed E-state index contributed by atoms with van der Waals surface area (Å²) in [6, 6.07) is 15.8. The number of rotatable bonds is 2. The molecule has 2 heterocycles. The van der Waals surface area contributed by atoms with Crippen molar-refractivity contribution in [2.75, 3.05) is 4.90 Å². The molecule has 0 atom stereocenters. The quantitative estimate of drug-likeness (QED) is 0.723. The van der Waals surface area contributed by atoms with Gasteiger partial charge in [0, 0.05) is 11.1 Å². The molecule has 0 saturated heterocycles. The number of aromatic nitrogens is 2. The van der Waals surface area contributed by atoms with Crippen molar-refractivity contribution in [3.63, 3.8) is 0 Å². The highest BCUT2D eigenvalue weighted by Crippen LogP contribution is 2.35. The fraction of sp³-hybridized carbons (Fsp3) is 0.158. The van der Waals surface area contributed by atoms with Gasteiger partial charge in [-0.3, -0.25) is 9.69 Å². The molecular formula is C19H17N3O. The average molecular weight is 303 g/mol. The van der Waals surface area contributed by atoms with Crippen LogP contribution in [0.3, 0.4) is 0 Å². The van der Waals surface area contributed by atoms with Crippen LogP contribution in [0.1, 0.15) is 22.8 Å². The molecule has 3 aromatic rings. The number of hydrogen-bond acceptors (Lipinski definition) is 2. The van der Waals surface area contributed by atoms with Gasteiger partial charge in [0.2, 0.25) is 0 Å². The first-order valence-corrected chi connectivity index (χ1v) is 7.78. The van der Waals surface area contributed by atoms with Gasteiger partial charge in [-0.05, 0) is 30.2 Å². The maximum Gasteiger partial charge on any atom is 0.259 e. The molecule has 4 nitrogen and oxygen atoms in total. The van der Waals surface area contributed by atoms with Crippen molar-refractivity contribution in [2.24, 2.45) is 0 Å². The standard InChI is InChI=1S/C19H17N3O/c1-2-14-7-9-15(10-8-14)19(23)22-13-21-12-20-11-18(21)16-5-3-4-6-17(16)22/h3-12H,2,13H2,1H3. The van der Waals surface area contributed by atoms with Gasteiger partial charge in [0.15, 0.2) is 0 Å². The topological polar surface area (TPSA) is 38.1 Å². The van der Waals surface area contributed by atoms with Crippen LogP contribution in [0.4, 0.5) is 5.69 Å². The fourth-order valence-corrected chi connectivity index (χ4v) is 3.02. The highest BCUT2D eigenvalue weighted by atomic mass is 16.2. The summed E-state index contributed by atoms with van der Waals surface area (Å²) >= 11 is 0. The van der Waals surface area contributed by atoms with Gasteiger partial charge in [-0.2, -0.15) is 0 Å². The minimum atomic E-state index is 0.0134. The molecular weight excluding hydrogens is 286 g/mol. The van der Waals surface area contributed by atoms with Gasteiger partial charge in [0.05, 0.1) is 23.9 Å². The second kappa shape index (κ2) is 5.39. The monoisotopic (exact) mass is 303 g/mol. The number of fused-ring (bicyclic) bond motifs is 3. The minimum Gasteiger partial charge on any atom is -0.311 e. The summed E-state index contributed by atoms with van der Waals surface area (Å²) in [7, 11) is 0. The molecule has 1 aliphatic heterocycles. The van der Waals surface area contributed by atoms with Crippen LogP contribution >= 0.6 is 0 Å². The van der Waals surface area contributed by atoms with Crippen LogP contribution < -0.4 is 4.90 Å². The highest BCUT2D eigenvalue weighted by Gasteiger charge is 2.26. The Morgan fingerprint density at radius 2 is 1.91 bits per heavy atom. The Labute approximate surface area is 135 Å². The van der Waals surface area contributed by atoms with E-state index in [9.17, 15) is 4.79 Å². The fourth-order valence-electron chi connectivity index (χ4n) is 3.02. The van der Waals surface area contributed by atoms with Crippen molar-refractivity contribution in [3.8, 4) is 11.3 Å². The average Bonchev–Trinajstić information content (AvgIpc) is 3.09. The number of hydrogen-bond donors (Lipinski definition) is 0. The van der Waals surface area contributed by atoms with Gasteiger partial charge in [0.25, 0.3) is 5.91 Å². The summed E-state index contributed by atoms with van der Waals surface area (Å²) in [5.74, 6) is 0.0134. The van der Waals surface area contributed by atoms with Crippen molar-refractivity contribution >= 4 is 11.6 Å². The predicted molar refractivity (Wildman–Crippen MR) is 90.3 cm³/mol. The zero-order valence-corrected chi connectivity index (χ0v) is 12.9. The van der Waals surface area contributed by atoms with Crippen LogP contribution in [0.5, 0.6) is 0 Å². The van der Waals surface area contributed by atoms with Gasteiger partial charge >= 0.3 is 0 Å². The predicted octanol–water partition coefficient (Wildman–Crippen LogP) is 3.73. The highest BCUT2D eigenvalue weighted by molar-refractivity contribution is 6.08. The Morgan fingerprint density at radius 3 is 2.70 bits per heavy atom. The van der Waals surface area contributed by atoms with E-state index in [4.69, 9.17) is 0 Å². The Hall–Kier alpha value is -2.88. The Balaban J connectivity index is 1.76. The number of para-hydroxylation sites is 1. The van der Waals surface area contributed by atoms with E-state index in [1.54, 1.807) is 6.33 Å². The first-order valence-electron chi connectivity index (χ1n) is 7.78. The smallest absolute Gasteiger partial charge is 0.259 e. The van der Waals surface area contributed by atoms with Crippen LogP contribution in [-0.4, -0.2) is 15.5 Å². The van der Waals surface area contributed by atoms with E-state index in [-0.39, 0.29) is 5.91 Å². The van der Waals surface area contributed by atoms with E-state index in [0.29, 0.717) is 12.2 Å². The molecule has 2 aromatic carbocycles. The molecule has 23 heavy (non-hydrogen) atoms. The normalized spacial score (nSPS) is 12.7. The van der Waals surface area contributed by atoms with Crippen LogP contribution in [0, 0.1) is 0 Å². The van der Waals surface area contributed by atoms with Crippen molar-refractivity contribution in [1.29, 1.82) is 0 Å². The lowest BCUT2D eigenvalue weighted by Crippen LogP contribution is -2.35. The Morgan fingerprint density at radius 1 is 1.13 bits per heavy atom. The Kier molecular flexibility index (Phi) is 3.23. The third-order valence-electron chi connectivity index (χ3n) is 4.33. The molecule has 0 fully saturated rings. The van der Waals surface area contributed by atoms with Crippen molar-refractivity contribution < 1.29 is 4.79 Å². The third kappa shape index (κ3) is 2.23. The van der Waals surface area contributed by atoms with Crippen LogP contribution in [0.25, 0.3) is 11.3 Å². The first-order chi connectivity index (χ1) is 11.3. The van der Waals surface area contributed by atoms with Crippen LogP contribution in [-0.2, 0) is 13.1 Å². The van der Waals surface area contributed by atoms with E-state index in [0.717, 1.165) is 23.4 Å². The van der Waals surface area contributed by atoms with Gasteiger partial charge in [-0.1, -0.05) is 37.3 Å². The van der Waals surface area contributed by atoms with Gasteiger partial charge < -0.3 is 4.57 Å². The lowest BCUT2D eigenvalue weighted by molar-refractivity contribution is 0.0979. The van der Waals surface area contributed by atoms with Gasteiger partial charge in [-0.15, -0.1) is 0 Å². The van der Waals surface area contributed by atoms with Crippen molar-refractivity contribution in [3.05, 3.63) is 72.2 Å². The minimum absolute atomic E-state index is 0.0134. The molecule has 0 aliphatic carbocycles. The molecule has 1 aromatic heterocycles. The second-order valence-corrected chi connectivity index (χ2v) is 5.69. The second-order valence-electron chi connectivity index (χ2n) is 5.69. The summed E-state index contributed by atoms with van der Waals surface area (Å²) in [5, 5.41) is 0. The summed E-state index contributed by atoms with van der Waals surface area (Å²) in [4.78, 5) is 19.0. The SMILES string of the molecule is CCc1ccc(C(=O)N2Cn3cncc3-c3ccccc32)cc1. The maximum atomic E-state index is 13.0. The number of carbonyl (C=O) groups excluding carboxylic acids is 1. The van der Waals surface area contributed by atoms with Crippen LogP contribution in [0.2, 0.25) is 0 Å². The summed E-state index contributed by atoms with van der Waals surface area (Å²) < 4.78 is 2.00. The number of nitrogens with zero attached hydrogens (tertiary/aromatic N) is 3. The van der Waals surface area contributed by atoms with E-state index < -0.39 is 0 Å². The zero-order valence-electron chi connectivity index (χ0n) is 12.9. The van der Waals surface area contributed by atoms with Crippen molar-refractivity contribution in [1.82, 2.24) is 9.55 Å². The molecule has 1 aliphatic rings. The molecule has 0 bridgehead atoms. The van der Waals surface area contributed by atoms with Gasteiger partial charge in [-0.25, -0.2) is 4.98 Å². The zero-order chi connectivity index (χ0) is 15.8. The Bertz CT molecular complexity index is 864. The number of amides is 1. The third-order valence-corrected chi connectivity index (χ3v) is 4.33. The first kappa shape index (κ1) is 13.8. The molecule has 0 spiro atoms. The molecule has 0 N–H and O–H groups in total. The molecule has 0 unspecified atom stereocenters. The van der Waals surface area contributed by atoms with Crippen LogP contribution in [0.15, 0.2) is 61.1 Å². The molecule has 1 amide bonds. The van der Waals surface area contributed by atoms with E-state index in [1.807, 2.05) is 64.2 Å². The number of carbonyl (C=O) groups is 1. The number of anilines is 1. The van der Waals surface area contributed by atoms with E-state index in [1.165, 1.54) is 5.56 Å². The number of benzene rings is 2. The number of imidazole rings is 1. The lowest BCUT2D eigenvalue weighted by Gasteiger charge is -2.30. The maximum absolute atomic E-state index is 13.0.